The fraction of sp³-hybridized carbons (Fsp3) is 0.391. The minimum atomic E-state index is 0.671. The van der Waals surface area contributed by atoms with Gasteiger partial charge in [-0.3, -0.25) is 0 Å². The highest BCUT2D eigenvalue weighted by molar-refractivity contribution is 5.86. The second-order valence-electron chi connectivity index (χ2n) is 6.52. The van der Waals surface area contributed by atoms with Crippen LogP contribution in [0, 0.1) is 0 Å². The van der Waals surface area contributed by atoms with Gasteiger partial charge in [0.2, 0.25) is 5.75 Å². The maximum Gasteiger partial charge on any atom is 0.203 e. The highest BCUT2D eigenvalue weighted by Crippen LogP contribution is 2.53. The molecule has 0 bridgehead atoms. The molecular weight excluding hydrogens is 340 g/mol. The first-order chi connectivity index (χ1) is 13.3. The second kappa shape index (κ2) is 8.85. The van der Waals surface area contributed by atoms with Gasteiger partial charge in [-0.2, -0.15) is 0 Å². The summed E-state index contributed by atoms with van der Waals surface area (Å²) < 4.78 is 22.8. The normalized spacial score (nSPS) is 12.0. The molecule has 0 saturated heterocycles. The van der Waals surface area contributed by atoms with E-state index in [1.54, 1.807) is 27.6 Å². The molecule has 0 aliphatic heterocycles. The maximum atomic E-state index is 5.79. The summed E-state index contributed by atoms with van der Waals surface area (Å²) in [6, 6.07) is 8.52. The zero-order valence-corrected chi connectivity index (χ0v) is 16.6. The van der Waals surface area contributed by atoms with Gasteiger partial charge in [0.1, 0.15) is 0 Å². The van der Waals surface area contributed by atoms with E-state index in [1.165, 1.54) is 22.3 Å². The largest absolute Gasteiger partial charge is 0.502 e. The van der Waals surface area contributed by atoms with Crippen LogP contribution in [-0.4, -0.2) is 27.9 Å². The Balaban J connectivity index is 2.03. The molecule has 0 spiro atoms. The molecule has 0 atom stereocenters. The van der Waals surface area contributed by atoms with E-state index >= 15 is 0 Å². The van der Waals surface area contributed by atoms with Crippen LogP contribution in [0.15, 0.2) is 36.6 Å². The maximum absolute atomic E-state index is 5.79. The van der Waals surface area contributed by atoms with Gasteiger partial charge in [-0.1, -0.05) is 37.3 Å². The quantitative estimate of drug-likeness (QED) is 0.386. The fourth-order valence-corrected chi connectivity index (χ4v) is 3.81. The van der Waals surface area contributed by atoms with Crippen LogP contribution >= 0.6 is 0 Å². The average Bonchev–Trinajstić information content (AvgIpc) is 3.08. The van der Waals surface area contributed by atoms with E-state index in [1.807, 2.05) is 6.08 Å². The SMILES string of the molecule is CCC=COCCCc1c(OC)c(OC)c(OC)c2c1-c1ccccc1C2. The number of hydrogen-bond donors (Lipinski definition) is 0. The van der Waals surface area contributed by atoms with Crippen molar-refractivity contribution in [2.24, 2.45) is 0 Å². The van der Waals surface area contributed by atoms with Gasteiger partial charge in [-0.15, -0.1) is 0 Å². The van der Waals surface area contributed by atoms with Gasteiger partial charge in [0, 0.05) is 17.5 Å². The predicted octanol–water partition coefficient (Wildman–Crippen LogP) is 5.16. The van der Waals surface area contributed by atoms with E-state index in [4.69, 9.17) is 18.9 Å². The Kier molecular flexibility index (Phi) is 6.28. The number of ether oxygens (including phenoxy) is 4. The van der Waals surface area contributed by atoms with Gasteiger partial charge in [0.05, 0.1) is 34.2 Å². The monoisotopic (exact) mass is 368 g/mol. The predicted molar refractivity (Wildman–Crippen MR) is 108 cm³/mol. The molecule has 1 aliphatic rings. The lowest BCUT2D eigenvalue weighted by Crippen LogP contribution is -2.04. The molecule has 0 saturated carbocycles. The minimum absolute atomic E-state index is 0.671. The molecule has 4 heteroatoms. The summed E-state index contributed by atoms with van der Waals surface area (Å²) in [6.45, 7) is 2.76. The zero-order valence-electron chi connectivity index (χ0n) is 16.6. The van der Waals surface area contributed by atoms with Gasteiger partial charge in [0.15, 0.2) is 11.5 Å². The summed E-state index contributed by atoms with van der Waals surface area (Å²) >= 11 is 0. The lowest BCUT2D eigenvalue weighted by molar-refractivity contribution is 0.243. The Morgan fingerprint density at radius 1 is 0.963 bits per heavy atom. The molecule has 0 heterocycles. The van der Waals surface area contributed by atoms with E-state index in [2.05, 4.69) is 31.2 Å². The minimum Gasteiger partial charge on any atom is -0.502 e. The van der Waals surface area contributed by atoms with Crippen molar-refractivity contribution in [2.45, 2.75) is 32.6 Å². The Labute approximate surface area is 161 Å². The standard InChI is InChI=1S/C23H28O4/c1-5-6-13-27-14-9-12-18-20-17-11-8-7-10-16(17)15-19(20)22(25-3)23(26-4)21(18)24-2/h6-8,10-11,13H,5,9,12,14-15H2,1-4H3. The molecule has 144 valence electrons. The van der Waals surface area contributed by atoms with Gasteiger partial charge >= 0.3 is 0 Å². The second-order valence-corrected chi connectivity index (χ2v) is 6.52. The summed E-state index contributed by atoms with van der Waals surface area (Å²) in [4.78, 5) is 0. The van der Waals surface area contributed by atoms with Crippen molar-refractivity contribution in [2.75, 3.05) is 27.9 Å². The Bertz CT molecular complexity index is 824. The van der Waals surface area contributed by atoms with Gasteiger partial charge in [0.25, 0.3) is 0 Å². The lowest BCUT2D eigenvalue weighted by Gasteiger charge is -2.21. The van der Waals surface area contributed by atoms with Crippen molar-refractivity contribution in [1.82, 2.24) is 0 Å². The molecule has 0 aromatic heterocycles. The summed E-state index contributed by atoms with van der Waals surface area (Å²) in [7, 11) is 5.04. The van der Waals surface area contributed by atoms with Crippen LogP contribution in [0.4, 0.5) is 0 Å². The van der Waals surface area contributed by atoms with Crippen LogP contribution in [0.1, 0.15) is 36.5 Å². The zero-order chi connectivity index (χ0) is 19.2. The number of rotatable bonds is 9. The van der Waals surface area contributed by atoms with Crippen molar-refractivity contribution in [1.29, 1.82) is 0 Å². The molecule has 0 unspecified atom stereocenters. The molecular formula is C23H28O4. The lowest BCUT2D eigenvalue weighted by atomic mass is 9.94. The number of fused-ring (bicyclic) bond motifs is 3. The van der Waals surface area contributed by atoms with Crippen LogP contribution in [0.2, 0.25) is 0 Å². The van der Waals surface area contributed by atoms with E-state index in [9.17, 15) is 0 Å². The van der Waals surface area contributed by atoms with E-state index < -0.39 is 0 Å². The van der Waals surface area contributed by atoms with E-state index in [0.29, 0.717) is 12.4 Å². The van der Waals surface area contributed by atoms with E-state index in [-0.39, 0.29) is 0 Å². The van der Waals surface area contributed by atoms with Crippen molar-refractivity contribution in [3.63, 3.8) is 0 Å². The Morgan fingerprint density at radius 2 is 1.70 bits per heavy atom. The summed E-state index contributed by atoms with van der Waals surface area (Å²) in [5, 5.41) is 0. The number of hydrogen-bond acceptors (Lipinski definition) is 4. The third-order valence-electron chi connectivity index (χ3n) is 4.95. The number of methoxy groups -OCH3 is 3. The van der Waals surface area contributed by atoms with Gasteiger partial charge in [-0.05, 0) is 36.0 Å². The molecule has 0 amide bonds. The molecule has 4 nitrogen and oxygen atoms in total. The van der Waals surface area contributed by atoms with Gasteiger partial charge in [-0.25, -0.2) is 0 Å². The number of allylic oxidation sites excluding steroid dienone is 1. The molecule has 1 aliphatic carbocycles. The van der Waals surface area contributed by atoms with Crippen molar-refractivity contribution in [3.05, 3.63) is 53.3 Å². The highest BCUT2D eigenvalue weighted by atomic mass is 16.5. The number of benzene rings is 2. The van der Waals surface area contributed by atoms with Crippen LogP contribution in [0.3, 0.4) is 0 Å². The molecule has 0 fully saturated rings. The first-order valence-corrected chi connectivity index (χ1v) is 9.45. The third kappa shape index (κ3) is 3.61. The van der Waals surface area contributed by atoms with Crippen LogP contribution < -0.4 is 14.2 Å². The average molecular weight is 368 g/mol. The van der Waals surface area contributed by atoms with E-state index in [0.717, 1.165) is 42.7 Å². The van der Waals surface area contributed by atoms with Gasteiger partial charge < -0.3 is 18.9 Å². The fourth-order valence-electron chi connectivity index (χ4n) is 3.81. The Hall–Kier alpha value is -2.62. The molecule has 3 rings (SSSR count). The molecule has 2 aromatic rings. The molecule has 2 aromatic carbocycles. The molecule has 27 heavy (non-hydrogen) atoms. The van der Waals surface area contributed by atoms with Crippen LogP contribution in [-0.2, 0) is 17.6 Å². The van der Waals surface area contributed by atoms with Crippen LogP contribution in [0.5, 0.6) is 17.2 Å². The summed E-state index contributed by atoms with van der Waals surface area (Å²) in [6.07, 6.45) is 7.37. The topological polar surface area (TPSA) is 36.9 Å². The smallest absolute Gasteiger partial charge is 0.203 e. The summed E-state index contributed by atoms with van der Waals surface area (Å²) in [5.74, 6) is 2.20. The van der Waals surface area contributed by atoms with Crippen LogP contribution in [0.25, 0.3) is 11.1 Å². The first kappa shape index (κ1) is 19.2. The first-order valence-electron chi connectivity index (χ1n) is 9.45. The van der Waals surface area contributed by atoms with Crippen molar-refractivity contribution in [3.8, 4) is 28.4 Å². The Morgan fingerprint density at radius 3 is 2.41 bits per heavy atom. The molecule has 0 N–H and O–H groups in total. The van der Waals surface area contributed by atoms with Crippen molar-refractivity contribution >= 4 is 0 Å². The van der Waals surface area contributed by atoms with Crippen molar-refractivity contribution < 1.29 is 18.9 Å². The molecule has 0 radical (unpaired) electrons. The summed E-state index contributed by atoms with van der Waals surface area (Å²) in [5.41, 5.74) is 6.14. The third-order valence-corrected chi connectivity index (χ3v) is 4.95. The highest BCUT2D eigenvalue weighted by Gasteiger charge is 2.31.